The van der Waals surface area contributed by atoms with E-state index in [-0.39, 0.29) is 24.3 Å². The molecule has 0 radical (unpaired) electrons. The van der Waals surface area contributed by atoms with Crippen molar-refractivity contribution in [3.63, 3.8) is 0 Å². The SMILES string of the molecule is CS(=O)(=O)NC(=O)c1ccc(-c2ccc(CCNC[C@H](O)c3ccccc3)cc2)cc1OCCCF. The van der Waals surface area contributed by atoms with E-state index in [1.807, 2.05) is 59.3 Å². The van der Waals surface area contributed by atoms with Crippen LogP contribution in [0.5, 0.6) is 5.75 Å². The van der Waals surface area contributed by atoms with Crippen LogP contribution in [0.25, 0.3) is 11.1 Å². The Kier molecular flexibility index (Phi) is 9.98. The molecule has 1 atom stereocenters. The van der Waals surface area contributed by atoms with E-state index < -0.39 is 28.7 Å². The summed E-state index contributed by atoms with van der Waals surface area (Å²) < 4.78 is 43.0. The zero-order valence-electron chi connectivity index (χ0n) is 20.1. The highest BCUT2D eigenvalue weighted by Gasteiger charge is 2.17. The van der Waals surface area contributed by atoms with Crippen molar-refractivity contribution in [2.75, 3.05) is 32.6 Å². The van der Waals surface area contributed by atoms with Crippen molar-refractivity contribution in [2.24, 2.45) is 0 Å². The number of carbonyl (C=O) groups is 1. The van der Waals surface area contributed by atoms with Crippen LogP contribution in [0.1, 0.15) is 34.0 Å². The van der Waals surface area contributed by atoms with Crippen molar-refractivity contribution in [2.45, 2.75) is 18.9 Å². The highest BCUT2D eigenvalue weighted by molar-refractivity contribution is 7.89. The molecule has 0 fully saturated rings. The molecule has 7 nitrogen and oxygen atoms in total. The number of alkyl halides is 1. The summed E-state index contributed by atoms with van der Waals surface area (Å²) in [5, 5.41) is 13.5. The van der Waals surface area contributed by atoms with Crippen LogP contribution in [-0.2, 0) is 16.4 Å². The third kappa shape index (κ3) is 8.44. The Hall–Kier alpha value is -3.27. The highest BCUT2D eigenvalue weighted by Crippen LogP contribution is 2.28. The molecule has 0 unspecified atom stereocenters. The molecular weight excluding hydrogens is 483 g/mol. The maximum atomic E-state index is 12.5. The molecule has 3 aromatic rings. The monoisotopic (exact) mass is 514 g/mol. The molecule has 9 heteroatoms. The molecule has 3 aromatic carbocycles. The molecule has 0 saturated heterocycles. The first-order chi connectivity index (χ1) is 17.3. The van der Waals surface area contributed by atoms with Crippen molar-refractivity contribution in [3.05, 3.63) is 89.5 Å². The minimum absolute atomic E-state index is 0.0587. The standard InChI is InChI=1S/C27H31FN2O5S/c1-36(33,34)30-27(32)24-13-12-23(18-26(24)35-17-5-15-28)21-10-8-20(9-11-21)14-16-29-19-25(31)22-6-3-2-4-7-22/h2-4,6-13,18,25,29,31H,5,14-17,19H2,1H3,(H,30,32)/t25-/m0/s1. The van der Waals surface area contributed by atoms with E-state index in [0.717, 1.165) is 34.9 Å². The average Bonchev–Trinajstić information content (AvgIpc) is 2.86. The van der Waals surface area contributed by atoms with Gasteiger partial charge in [0, 0.05) is 13.0 Å². The van der Waals surface area contributed by atoms with Gasteiger partial charge in [0.15, 0.2) is 0 Å². The molecule has 0 aliphatic carbocycles. The minimum atomic E-state index is -3.74. The molecule has 192 valence electrons. The van der Waals surface area contributed by atoms with E-state index in [4.69, 9.17) is 4.74 Å². The normalized spacial score (nSPS) is 12.2. The lowest BCUT2D eigenvalue weighted by Crippen LogP contribution is -2.29. The minimum Gasteiger partial charge on any atom is -0.493 e. The van der Waals surface area contributed by atoms with Gasteiger partial charge in [0.05, 0.1) is 31.2 Å². The average molecular weight is 515 g/mol. The molecule has 0 bridgehead atoms. The number of ether oxygens (including phenoxy) is 1. The van der Waals surface area contributed by atoms with E-state index in [2.05, 4.69) is 5.32 Å². The summed E-state index contributed by atoms with van der Waals surface area (Å²) in [6.07, 6.45) is 1.27. The van der Waals surface area contributed by atoms with Crippen LogP contribution in [0, 0.1) is 0 Å². The molecular formula is C27H31FN2O5S. The molecule has 0 aromatic heterocycles. The predicted molar refractivity (Wildman–Crippen MR) is 138 cm³/mol. The van der Waals surface area contributed by atoms with Gasteiger partial charge in [-0.15, -0.1) is 0 Å². The summed E-state index contributed by atoms with van der Waals surface area (Å²) >= 11 is 0. The Morgan fingerprint density at radius 2 is 1.72 bits per heavy atom. The molecule has 0 spiro atoms. The number of amides is 1. The molecule has 0 aliphatic heterocycles. The second-order valence-electron chi connectivity index (χ2n) is 8.38. The number of hydrogen-bond acceptors (Lipinski definition) is 6. The largest absolute Gasteiger partial charge is 0.493 e. The Morgan fingerprint density at radius 1 is 1.03 bits per heavy atom. The summed E-state index contributed by atoms with van der Waals surface area (Å²) in [6.45, 7) is 0.669. The molecule has 0 heterocycles. The summed E-state index contributed by atoms with van der Waals surface area (Å²) in [5.74, 6) is -0.619. The van der Waals surface area contributed by atoms with Crippen molar-refractivity contribution in [1.29, 1.82) is 0 Å². The summed E-state index contributed by atoms with van der Waals surface area (Å²) in [6, 6.07) is 22.3. The second kappa shape index (κ2) is 13.2. The number of sulfonamides is 1. The fourth-order valence-corrected chi connectivity index (χ4v) is 4.04. The van der Waals surface area contributed by atoms with Crippen molar-refractivity contribution >= 4 is 15.9 Å². The fraction of sp³-hybridized carbons (Fsp3) is 0.296. The van der Waals surface area contributed by atoms with Gasteiger partial charge >= 0.3 is 0 Å². The van der Waals surface area contributed by atoms with Gasteiger partial charge in [-0.2, -0.15) is 0 Å². The topological polar surface area (TPSA) is 105 Å². The maximum absolute atomic E-state index is 12.5. The number of carbonyl (C=O) groups excluding carboxylic acids is 1. The lowest BCUT2D eigenvalue weighted by atomic mass is 10.0. The van der Waals surface area contributed by atoms with Gasteiger partial charge in [0.25, 0.3) is 5.91 Å². The van der Waals surface area contributed by atoms with E-state index >= 15 is 0 Å². The molecule has 1 amide bonds. The Labute approximate surface area is 211 Å². The van der Waals surface area contributed by atoms with E-state index in [9.17, 15) is 22.7 Å². The Morgan fingerprint density at radius 3 is 2.39 bits per heavy atom. The predicted octanol–water partition coefficient (Wildman–Crippen LogP) is 3.65. The van der Waals surface area contributed by atoms with Crippen LogP contribution < -0.4 is 14.8 Å². The number of hydrogen-bond donors (Lipinski definition) is 3. The van der Waals surface area contributed by atoms with Gasteiger partial charge < -0.3 is 15.2 Å². The summed E-state index contributed by atoms with van der Waals surface area (Å²) in [7, 11) is -3.74. The fourth-order valence-electron chi connectivity index (χ4n) is 3.60. The van der Waals surface area contributed by atoms with Gasteiger partial charge in [-0.1, -0.05) is 60.7 Å². The number of halogens is 1. The summed E-state index contributed by atoms with van der Waals surface area (Å²) in [4.78, 5) is 12.4. The van der Waals surface area contributed by atoms with Gasteiger partial charge in [0.1, 0.15) is 5.75 Å². The van der Waals surface area contributed by atoms with Gasteiger partial charge in [-0.3, -0.25) is 9.18 Å². The van der Waals surface area contributed by atoms with Crippen LogP contribution in [-0.4, -0.2) is 52.1 Å². The van der Waals surface area contributed by atoms with E-state index in [1.54, 1.807) is 12.1 Å². The highest BCUT2D eigenvalue weighted by atomic mass is 32.2. The number of aliphatic hydroxyl groups excluding tert-OH is 1. The van der Waals surface area contributed by atoms with E-state index in [0.29, 0.717) is 13.1 Å². The molecule has 0 aliphatic rings. The third-order valence-corrected chi connectivity index (χ3v) is 6.00. The molecule has 36 heavy (non-hydrogen) atoms. The number of nitrogens with one attached hydrogen (secondary N) is 2. The van der Waals surface area contributed by atoms with E-state index in [1.165, 1.54) is 6.07 Å². The first-order valence-corrected chi connectivity index (χ1v) is 13.5. The van der Waals surface area contributed by atoms with Gasteiger partial charge in [-0.25, -0.2) is 13.1 Å². The summed E-state index contributed by atoms with van der Waals surface area (Å²) in [5.41, 5.74) is 3.71. The number of benzene rings is 3. The van der Waals surface area contributed by atoms with Crippen LogP contribution in [0.15, 0.2) is 72.8 Å². The zero-order valence-corrected chi connectivity index (χ0v) is 20.9. The van der Waals surface area contributed by atoms with Crippen molar-refractivity contribution in [1.82, 2.24) is 10.0 Å². The van der Waals surface area contributed by atoms with Crippen molar-refractivity contribution in [3.8, 4) is 16.9 Å². The Balaban J connectivity index is 1.63. The maximum Gasteiger partial charge on any atom is 0.268 e. The molecule has 3 N–H and O–H groups in total. The lowest BCUT2D eigenvalue weighted by Gasteiger charge is -2.14. The smallest absolute Gasteiger partial charge is 0.268 e. The number of rotatable bonds is 13. The number of aliphatic hydroxyl groups is 1. The van der Waals surface area contributed by atoms with Crippen LogP contribution in [0.3, 0.4) is 0 Å². The first-order valence-electron chi connectivity index (χ1n) is 11.6. The van der Waals surface area contributed by atoms with Crippen molar-refractivity contribution < 1.29 is 27.4 Å². The zero-order chi connectivity index (χ0) is 26.0. The lowest BCUT2D eigenvalue weighted by molar-refractivity contribution is 0.0977. The van der Waals surface area contributed by atoms with Crippen LogP contribution in [0.4, 0.5) is 4.39 Å². The van der Waals surface area contributed by atoms with Crippen LogP contribution >= 0.6 is 0 Å². The second-order valence-corrected chi connectivity index (χ2v) is 10.1. The third-order valence-electron chi connectivity index (χ3n) is 5.44. The molecule has 0 saturated carbocycles. The first kappa shape index (κ1) is 27.3. The van der Waals surface area contributed by atoms with Gasteiger partial charge in [-0.05, 0) is 47.4 Å². The quantitative estimate of drug-likeness (QED) is 0.301. The van der Waals surface area contributed by atoms with Gasteiger partial charge in [0.2, 0.25) is 10.0 Å². The molecule has 3 rings (SSSR count). The van der Waals surface area contributed by atoms with Crippen LogP contribution in [0.2, 0.25) is 0 Å². The Bertz CT molecular complexity index is 1230.